The molecule has 3 nitrogen and oxygen atoms in total. The fourth-order valence-electron chi connectivity index (χ4n) is 2.76. The van der Waals surface area contributed by atoms with E-state index in [9.17, 15) is 5.11 Å². The zero-order valence-corrected chi connectivity index (χ0v) is 11.5. The Morgan fingerprint density at radius 2 is 2.29 bits per heavy atom. The van der Waals surface area contributed by atoms with E-state index in [0.717, 1.165) is 42.1 Å². The van der Waals surface area contributed by atoms with Gasteiger partial charge in [0.1, 0.15) is 0 Å². The molecule has 94 valence electrons. The number of hydrogen-bond acceptors (Lipinski definition) is 3. The molecule has 4 heteroatoms. The minimum absolute atomic E-state index is 0.152. The Morgan fingerprint density at radius 3 is 2.94 bits per heavy atom. The standard InChI is InChI=1S/C13H19BrN2O/c14-11-5-10(7-16-8-11)6-13(9-15)4-2-1-3-12(13)17/h5,7-8,12,17H,1-4,6,9,15H2. The Hall–Kier alpha value is -0.450. The molecule has 1 aromatic rings. The summed E-state index contributed by atoms with van der Waals surface area (Å²) in [7, 11) is 0. The van der Waals surface area contributed by atoms with E-state index in [2.05, 4.69) is 27.0 Å². The van der Waals surface area contributed by atoms with Crippen LogP contribution in [0.25, 0.3) is 0 Å². The molecule has 1 saturated carbocycles. The first kappa shape index (κ1) is 13.0. The van der Waals surface area contributed by atoms with Crippen molar-refractivity contribution in [2.45, 2.75) is 38.2 Å². The third-order valence-corrected chi connectivity index (χ3v) is 4.27. The van der Waals surface area contributed by atoms with Crippen LogP contribution in [0.1, 0.15) is 31.2 Å². The third-order valence-electron chi connectivity index (χ3n) is 3.83. The average Bonchev–Trinajstić information content (AvgIpc) is 2.32. The molecule has 1 fully saturated rings. The number of rotatable bonds is 3. The van der Waals surface area contributed by atoms with Gasteiger partial charge in [-0.1, -0.05) is 12.8 Å². The normalized spacial score (nSPS) is 29.2. The third kappa shape index (κ3) is 2.87. The van der Waals surface area contributed by atoms with Crippen LogP contribution in [0.15, 0.2) is 22.9 Å². The van der Waals surface area contributed by atoms with E-state index in [1.807, 2.05) is 6.20 Å². The maximum atomic E-state index is 10.2. The smallest absolute Gasteiger partial charge is 0.0611 e. The molecule has 0 amide bonds. The number of aliphatic hydroxyl groups excluding tert-OH is 1. The van der Waals surface area contributed by atoms with E-state index in [-0.39, 0.29) is 11.5 Å². The SMILES string of the molecule is NCC1(Cc2cncc(Br)c2)CCCCC1O. The van der Waals surface area contributed by atoms with Gasteiger partial charge in [0.15, 0.2) is 0 Å². The van der Waals surface area contributed by atoms with Crippen LogP contribution in [0.2, 0.25) is 0 Å². The number of hydrogen-bond donors (Lipinski definition) is 2. The summed E-state index contributed by atoms with van der Waals surface area (Å²) in [4.78, 5) is 4.17. The van der Waals surface area contributed by atoms with Gasteiger partial charge in [0.25, 0.3) is 0 Å². The number of nitrogens with zero attached hydrogens (tertiary/aromatic N) is 1. The molecule has 1 aliphatic rings. The molecule has 0 bridgehead atoms. The van der Waals surface area contributed by atoms with Crippen LogP contribution >= 0.6 is 15.9 Å². The van der Waals surface area contributed by atoms with E-state index in [1.165, 1.54) is 0 Å². The molecule has 0 aliphatic heterocycles. The first-order chi connectivity index (χ1) is 8.16. The van der Waals surface area contributed by atoms with Crippen molar-refractivity contribution in [1.82, 2.24) is 4.98 Å². The van der Waals surface area contributed by atoms with Crippen LogP contribution in [-0.2, 0) is 6.42 Å². The highest BCUT2D eigenvalue weighted by molar-refractivity contribution is 9.10. The average molecular weight is 299 g/mol. The molecule has 1 heterocycles. The summed E-state index contributed by atoms with van der Waals surface area (Å²) < 4.78 is 0.979. The molecule has 0 aromatic carbocycles. The van der Waals surface area contributed by atoms with Gasteiger partial charge in [-0.2, -0.15) is 0 Å². The highest BCUT2D eigenvalue weighted by atomic mass is 79.9. The van der Waals surface area contributed by atoms with Gasteiger partial charge in [-0.15, -0.1) is 0 Å². The van der Waals surface area contributed by atoms with Gasteiger partial charge in [0, 0.05) is 28.8 Å². The van der Waals surface area contributed by atoms with Crippen molar-refractivity contribution in [2.75, 3.05) is 6.54 Å². The van der Waals surface area contributed by atoms with E-state index in [4.69, 9.17) is 5.73 Å². The van der Waals surface area contributed by atoms with Crippen LogP contribution < -0.4 is 5.73 Å². The van der Waals surface area contributed by atoms with Crippen LogP contribution in [0.3, 0.4) is 0 Å². The number of pyridine rings is 1. The Kier molecular flexibility index (Phi) is 4.17. The van der Waals surface area contributed by atoms with Crippen molar-refractivity contribution in [1.29, 1.82) is 0 Å². The molecule has 2 unspecified atom stereocenters. The van der Waals surface area contributed by atoms with Crippen molar-refractivity contribution < 1.29 is 5.11 Å². The number of halogens is 1. The number of aliphatic hydroxyl groups is 1. The van der Waals surface area contributed by atoms with Crippen LogP contribution in [0.5, 0.6) is 0 Å². The summed E-state index contributed by atoms with van der Waals surface area (Å²) in [5.41, 5.74) is 6.91. The first-order valence-corrected chi connectivity index (χ1v) is 6.93. The summed E-state index contributed by atoms with van der Waals surface area (Å²) in [6, 6.07) is 2.06. The second-order valence-corrected chi connectivity index (χ2v) is 5.93. The monoisotopic (exact) mass is 298 g/mol. The van der Waals surface area contributed by atoms with Crippen molar-refractivity contribution in [2.24, 2.45) is 11.1 Å². The second kappa shape index (κ2) is 5.46. The van der Waals surface area contributed by atoms with E-state index in [0.29, 0.717) is 6.54 Å². The van der Waals surface area contributed by atoms with Gasteiger partial charge < -0.3 is 10.8 Å². The largest absolute Gasteiger partial charge is 0.392 e. The van der Waals surface area contributed by atoms with Crippen molar-refractivity contribution in [3.63, 3.8) is 0 Å². The molecule has 2 atom stereocenters. The zero-order chi connectivity index (χ0) is 12.3. The minimum Gasteiger partial charge on any atom is -0.392 e. The fourth-order valence-corrected chi connectivity index (χ4v) is 3.18. The van der Waals surface area contributed by atoms with Crippen molar-refractivity contribution >= 4 is 15.9 Å². The van der Waals surface area contributed by atoms with Crippen molar-refractivity contribution in [3.8, 4) is 0 Å². The predicted molar refractivity (Wildman–Crippen MR) is 71.6 cm³/mol. The number of nitrogens with two attached hydrogens (primary N) is 1. The van der Waals surface area contributed by atoms with Gasteiger partial charge in [0.2, 0.25) is 0 Å². The second-order valence-electron chi connectivity index (χ2n) is 5.02. The van der Waals surface area contributed by atoms with Gasteiger partial charge >= 0.3 is 0 Å². The van der Waals surface area contributed by atoms with E-state index in [1.54, 1.807) is 6.20 Å². The lowest BCUT2D eigenvalue weighted by atomic mass is 9.68. The minimum atomic E-state index is -0.278. The summed E-state index contributed by atoms with van der Waals surface area (Å²) in [5.74, 6) is 0. The Balaban J connectivity index is 2.18. The summed E-state index contributed by atoms with van der Waals surface area (Å²) >= 11 is 3.43. The molecule has 0 saturated heterocycles. The molecule has 2 rings (SSSR count). The molecular formula is C13H19BrN2O. The lowest BCUT2D eigenvalue weighted by Crippen LogP contribution is -2.45. The summed E-state index contributed by atoms with van der Waals surface area (Å²) in [5, 5.41) is 10.2. The topological polar surface area (TPSA) is 59.1 Å². The summed E-state index contributed by atoms with van der Waals surface area (Å²) in [6.07, 6.45) is 8.34. The first-order valence-electron chi connectivity index (χ1n) is 6.14. The molecular weight excluding hydrogens is 280 g/mol. The van der Waals surface area contributed by atoms with Gasteiger partial charge in [-0.25, -0.2) is 0 Å². The lowest BCUT2D eigenvalue weighted by Gasteiger charge is -2.41. The van der Waals surface area contributed by atoms with Gasteiger partial charge in [-0.3, -0.25) is 4.98 Å². The van der Waals surface area contributed by atoms with Crippen LogP contribution in [0, 0.1) is 5.41 Å². The van der Waals surface area contributed by atoms with Crippen LogP contribution in [0.4, 0.5) is 0 Å². The van der Waals surface area contributed by atoms with E-state index >= 15 is 0 Å². The highest BCUT2D eigenvalue weighted by Gasteiger charge is 2.38. The number of aromatic nitrogens is 1. The lowest BCUT2D eigenvalue weighted by molar-refractivity contribution is -0.00590. The maximum Gasteiger partial charge on any atom is 0.0611 e. The quantitative estimate of drug-likeness (QED) is 0.900. The summed E-state index contributed by atoms with van der Waals surface area (Å²) in [6.45, 7) is 0.542. The molecule has 0 spiro atoms. The Bertz CT molecular complexity index is 385. The molecule has 1 aliphatic carbocycles. The Labute approximate surface area is 111 Å². The van der Waals surface area contributed by atoms with Crippen molar-refractivity contribution in [3.05, 3.63) is 28.5 Å². The Morgan fingerprint density at radius 1 is 1.47 bits per heavy atom. The molecule has 1 aromatic heterocycles. The maximum absolute atomic E-state index is 10.2. The zero-order valence-electron chi connectivity index (χ0n) is 9.90. The van der Waals surface area contributed by atoms with Gasteiger partial charge in [-0.05, 0) is 46.8 Å². The highest BCUT2D eigenvalue weighted by Crippen LogP contribution is 2.38. The predicted octanol–water partition coefficient (Wildman–Crippen LogP) is 2.27. The van der Waals surface area contributed by atoms with Gasteiger partial charge in [0.05, 0.1) is 6.10 Å². The molecule has 3 N–H and O–H groups in total. The van der Waals surface area contributed by atoms with E-state index < -0.39 is 0 Å². The molecule has 0 radical (unpaired) electrons. The molecule has 17 heavy (non-hydrogen) atoms. The fraction of sp³-hybridized carbons (Fsp3) is 0.615. The van der Waals surface area contributed by atoms with Crippen LogP contribution in [-0.4, -0.2) is 22.7 Å².